The number of likely N-dealkylation sites (N-methyl/N-ethyl adjacent to an activating group) is 1. The minimum Gasteiger partial charge on any atom is -0.492 e. The minimum absolute atomic E-state index is 0.0909. The molecule has 4 rings (SSSR count). The van der Waals surface area contributed by atoms with Crippen LogP contribution in [0.5, 0.6) is 5.75 Å². The van der Waals surface area contributed by atoms with Gasteiger partial charge in [-0.2, -0.15) is 0 Å². The zero-order chi connectivity index (χ0) is 25.1. The Labute approximate surface area is 208 Å². The number of amides is 1. The molecule has 0 saturated heterocycles. The molecule has 0 aliphatic heterocycles. The van der Waals surface area contributed by atoms with Gasteiger partial charge >= 0.3 is 0 Å². The zero-order valence-electron chi connectivity index (χ0n) is 20.6. The molecule has 0 bridgehead atoms. The van der Waals surface area contributed by atoms with Gasteiger partial charge in [-0.25, -0.2) is 9.97 Å². The number of carbonyl (C=O) groups is 1. The van der Waals surface area contributed by atoms with Crippen molar-refractivity contribution in [3.05, 3.63) is 47.3 Å². The van der Waals surface area contributed by atoms with Crippen molar-refractivity contribution >= 4 is 34.2 Å². The van der Waals surface area contributed by atoms with Gasteiger partial charge in [-0.05, 0) is 58.6 Å². The van der Waals surface area contributed by atoms with Gasteiger partial charge in [0.05, 0.1) is 33.1 Å². The molecule has 0 saturated carbocycles. The molecule has 0 spiro atoms. The summed E-state index contributed by atoms with van der Waals surface area (Å²) in [6, 6.07) is 9.24. The van der Waals surface area contributed by atoms with Crippen LogP contribution in [0.3, 0.4) is 0 Å². The molecule has 35 heavy (non-hydrogen) atoms. The molecule has 3 aromatic heterocycles. The molecule has 0 aliphatic rings. The summed E-state index contributed by atoms with van der Waals surface area (Å²) in [5, 5.41) is 13.0. The highest BCUT2D eigenvalue weighted by molar-refractivity contribution is 7.17. The lowest BCUT2D eigenvalue weighted by molar-refractivity contribution is 0.102. The lowest BCUT2D eigenvalue weighted by Gasteiger charge is -2.19. The predicted octanol–water partition coefficient (Wildman–Crippen LogP) is 4.59. The second-order valence-electron chi connectivity index (χ2n) is 8.90. The number of ether oxygens (including phenoxy) is 1. The average Bonchev–Trinajstić information content (AvgIpc) is 3.50. The summed E-state index contributed by atoms with van der Waals surface area (Å²) in [6.07, 6.45) is 1.67. The fourth-order valence-electron chi connectivity index (χ4n) is 3.88. The van der Waals surface area contributed by atoms with Crippen molar-refractivity contribution in [2.45, 2.75) is 39.3 Å². The minimum atomic E-state index is -0.496. The third kappa shape index (κ3) is 5.90. The Kier molecular flexibility index (Phi) is 7.54. The second-order valence-corrected chi connectivity index (χ2v) is 9.99. The summed E-state index contributed by atoms with van der Waals surface area (Å²) in [5.41, 5.74) is 1.57. The number of anilines is 1. The Hall–Kier alpha value is -3.21. The fraction of sp³-hybridized carbons (Fsp3) is 0.400. The van der Waals surface area contributed by atoms with Crippen LogP contribution >= 0.6 is 11.3 Å². The van der Waals surface area contributed by atoms with E-state index in [4.69, 9.17) is 14.1 Å². The summed E-state index contributed by atoms with van der Waals surface area (Å²) < 4.78 is 13.4. The van der Waals surface area contributed by atoms with E-state index < -0.39 is 6.10 Å². The SMILES string of the molecule is Cc1ncc(-c2ccc(C(=O)Nc3nc4cc(OCCN(C)C)ccc4n3C(C)CC(C)O)s2)o1. The van der Waals surface area contributed by atoms with E-state index in [2.05, 4.69) is 15.2 Å². The Balaban J connectivity index is 1.61. The summed E-state index contributed by atoms with van der Waals surface area (Å²) in [6.45, 7) is 6.90. The number of thiophene rings is 1. The number of carbonyl (C=O) groups excluding carboxylic acids is 1. The molecule has 4 aromatic rings. The van der Waals surface area contributed by atoms with Crippen molar-refractivity contribution in [3.8, 4) is 16.4 Å². The van der Waals surface area contributed by atoms with E-state index in [1.165, 1.54) is 11.3 Å². The van der Waals surface area contributed by atoms with Crippen molar-refractivity contribution in [3.63, 3.8) is 0 Å². The molecule has 10 heteroatoms. The first-order chi connectivity index (χ1) is 16.7. The number of fused-ring (bicyclic) bond motifs is 1. The first-order valence-electron chi connectivity index (χ1n) is 11.5. The van der Waals surface area contributed by atoms with Crippen molar-refractivity contribution in [1.82, 2.24) is 19.4 Å². The molecular weight excluding hydrogens is 466 g/mol. The van der Waals surface area contributed by atoms with Crippen LogP contribution in [0.1, 0.15) is 41.9 Å². The summed E-state index contributed by atoms with van der Waals surface area (Å²) in [5.74, 6) is 2.08. The summed E-state index contributed by atoms with van der Waals surface area (Å²) in [7, 11) is 3.99. The number of aliphatic hydroxyl groups excluding tert-OH is 1. The fourth-order valence-corrected chi connectivity index (χ4v) is 4.73. The molecule has 1 amide bonds. The van der Waals surface area contributed by atoms with E-state index in [-0.39, 0.29) is 11.9 Å². The monoisotopic (exact) mass is 497 g/mol. The van der Waals surface area contributed by atoms with Crippen LogP contribution in [-0.4, -0.2) is 63.8 Å². The molecule has 3 heterocycles. The van der Waals surface area contributed by atoms with E-state index in [0.717, 1.165) is 22.7 Å². The Bertz CT molecular complexity index is 1310. The van der Waals surface area contributed by atoms with Gasteiger partial charge in [-0.3, -0.25) is 10.1 Å². The quantitative estimate of drug-likeness (QED) is 0.330. The van der Waals surface area contributed by atoms with Gasteiger partial charge < -0.3 is 23.7 Å². The van der Waals surface area contributed by atoms with E-state index in [1.54, 1.807) is 26.1 Å². The second kappa shape index (κ2) is 10.6. The number of nitrogens with zero attached hydrogens (tertiary/aromatic N) is 4. The number of hydrogen-bond acceptors (Lipinski definition) is 8. The van der Waals surface area contributed by atoms with Gasteiger partial charge in [-0.1, -0.05) is 0 Å². The molecule has 2 unspecified atom stereocenters. The first-order valence-corrected chi connectivity index (χ1v) is 12.3. The number of aromatic nitrogens is 3. The molecule has 2 atom stereocenters. The molecule has 0 radical (unpaired) electrons. The first kappa shape index (κ1) is 24.9. The van der Waals surface area contributed by atoms with Gasteiger partial charge in [0.25, 0.3) is 5.91 Å². The lowest BCUT2D eigenvalue weighted by atomic mass is 10.1. The molecule has 186 valence electrons. The Morgan fingerprint density at radius 2 is 2.09 bits per heavy atom. The number of benzene rings is 1. The van der Waals surface area contributed by atoms with E-state index >= 15 is 0 Å². The Morgan fingerprint density at radius 1 is 1.29 bits per heavy atom. The van der Waals surface area contributed by atoms with Gasteiger partial charge in [0, 0.05) is 25.6 Å². The normalized spacial score (nSPS) is 13.3. The number of rotatable bonds is 10. The number of oxazole rings is 1. The highest BCUT2D eigenvalue weighted by Crippen LogP contribution is 2.32. The number of aliphatic hydroxyl groups is 1. The molecule has 2 N–H and O–H groups in total. The van der Waals surface area contributed by atoms with Crippen LogP contribution in [0, 0.1) is 6.92 Å². The molecule has 9 nitrogen and oxygen atoms in total. The summed E-state index contributed by atoms with van der Waals surface area (Å²) >= 11 is 1.33. The van der Waals surface area contributed by atoms with E-state index in [0.29, 0.717) is 41.0 Å². The van der Waals surface area contributed by atoms with Crippen molar-refractivity contribution in [2.75, 3.05) is 32.6 Å². The van der Waals surface area contributed by atoms with Crippen LogP contribution in [0.15, 0.2) is 40.9 Å². The zero-order valence-corrected chi connectivity index (χ0v) is 21.4. The lowest BCUT2D eigenvalue weighted by Crippen LogP contribution is -2.19. The molecule has 0 fully saturated rings. The van der Waals surface area contributed by atoms with Gasteiger partial charge in [0.2, 0.25) is 5.95 Å². The molecule has 0 aliphatic carbocycles. The van der Waals surface area contributed by atoms with Crippen molar-refractivity contribution in [1.29, 1.82) is 0 Å². The third-order valence-corrected chi connectivity index (χ3v) is 6.61. The predicted molar refractivity (Wildman–Crippen MR) is 137 cm³/mol. The largest absolute Gasteiger partial charge is 0.492 e. The third-order valence-electron chi connectivity index (χ3n) is 5.51. The molecular formula is C25H31N5O4S. The standard InChI is InChI=1S/C25H31N5O4S/c1-15(12-16(2)31)30-20-7-6-18(33-11-10-29(4)5)13-19(20)27-25(30)28-24(32)23-9-8-22(35-23)21-14-26-17(3)34-21/h6-9,13-16,31H,10-12H2,1-5H3,(H,27,28,32). The highest BCUT2D eigenvalue weighted by Gasteiger charge is 2.21. The van der Waals surface area contributed by atoms with Crippen molar-refractivity contribution < 1.29 is 19.1 Å². The van der Waals surface area contributed by atoms with Gasteiger partial charge in [-0.15, -0.1) is 11.3 Å². The van der Waals surface area contributed by atoms with Gasteiger partial charge in [0.15, 0.2) is 11.7 Å². The van der Waals surface area contributed by atoms with Crippen LogP contribution in [0.25, 0.3) is 21.7 Å². The van der Waals surface area contributed by atoms with Crippen molar-refractivity contribution in [2.24, 2.45) is 0 Å². The smallest absolute Gasteiger partial charge is 0.268 e. The maximum absolute atomic E-state index is 13.1. The van der Waals surface area contributed by atoms with E-state index in [9.17, 15) is 9.90 Å². The number of nitrogens with one attached hydrogen (secondary N) is 1. The average molecular weight is 498 g/mol. The van der Waals surface area contributed by atoms with Crippen LogP contribution in [0.4, 0.5) is 5.95 Å². The number of aryl methyl sites for hydroxylation is 1. The number of hydrogen-bond donors (Lipinski definition) is 2. The van der Waals surface area contributed by atoms with Crippen LogP contribution in [0.2, 0.25) is 0 Å². The highest BCUT2D eigenvalue weighted by atomic mass is 32.1. The summed E-state index contributed by atoms with van der Waals surface area (Å²) in [4.78, 5) is 25.4. The number of imidazole rings is 1. The maximum Gasteiger partial charge on any atom is 0.268 e. The molecule has 1 aromatic carbocycles. The Morgan fingerprint density at radius 3 is 2.77 bits per heavy atom. The van der Waals surface area contributed by atoms with Gasteiger partial charge in [0.1, 0.15) is 12.4 Å². The maximum atomic E-state index is 13.1. The topological polar surface area (TPSA) is 106 Å². The van der Waals surface area contributed by atoms with Crippen LogP contribution in [-0.2, 0) is 0 Å². The van der Waals surface area contributed by atoms with E-state index in [1.807, 2.05) is 49.9 Å². The van der Waals surface area contributed by atoms with Crippen LogP contribution < -0.4 is 10.1 Å².